The summed E-state index contributed by atoms with van der Waals surface area (Å²) in [6, 6.07) is 27.8. The predicted octanol–water partition coefficient (Wildman–Crippen LogP) is 6.10. The van der Waals surface area contributed by atoms with E-state index in [9.17, 15) is 9.59 Å². The molecule has 2 N–H and O–H groups in total. The molecule has 0 aliphatic carbocycles. The van der Waals surface area contributed by atoms with Crippen LogP contribution in [0.4, 0.5) is 11.4 Å². The van der Waals surface area contributed by atoms with Gasteiger partial charge in [-0.25, -0.2) is 4.68 Å². The van der Waals surface area contributed by atoms with E-state index >= 15 is 0 Å². The lowest BCUT2D eigenvalue weighted by Crippen LogP contribution is -2.31. The molecule has 1 saturated heterocycles. The maximum atomic E-state index is 13.3. The minimum Gasteiger partial charge on any atom is -0.352 e. The zero-order chi connectivity index (χ0) is 29.8. The van der Waals surface area contributed by atoms with Gasteiger partial charge in [0.2, 0.25) is 0 Å². The number of amides is 1. The lowest BCUT2D eigenvalue weighted by Gasteiger charge is -2.19. The molecule has 5 aromatic rings. The van der Waals surface area contributed by atoms with Gasteiger partial charge in [-0.1, -0.05) is 36.4 Å². The molecule has 8 heteroatoms. The molecule has 8 nitrogen and oxygen atoms in total. The Balaban J connectivity index is 1.25. The number of carbonyl (C=O) groups excluding carboxylic acids is 1. The van der Waals surface area contributed by atoms with Crippen LogP contribution in [-0.4, -0.2) is 51.8 Å². The van der Waals surface area contributed by atoms with E-state index in [0.29, 0.717) is 36.1 Å². The van der Waals surface area contributed by atoms with Gasteiger partial charge in [-0.3, -0.25) is 14.6 Å². The second-order valence-electron chi connectivity index (χ2n) is 11.0. The molecule has 0 spiro atoms. The minimum absolute atomic E-state index is 0.0605. The number of aryl methyl sites for hydroxylation is 1. The molecule has 218 valence electrons. The van der Waals surface area contributed by atoms with Crippen molar-refractivity contribution in [3.8, 4) is 22.4 Å². The van der Waals surface area contributed by atoms with Crippen molar-refractivity contribution in [2.45, 2.75) is 38.8 Å². The van der Waals surface area contributed by atoms with Gasteiger partial charge >= 0.3 is 0 Å². The first-order valence-corrected chi connectivity index (χ1v) is 14.9. The highest BCUT2D eigenvalue weighted by atomic mass is 16.1. The smallest absolute Gasteiger partial charge is 0.290 e. The van der Waals surface area contributed by atoms with Crippen LogP contribution in [0.2, 0.25) is 0 Å². The molecule has 2 aromatic heterocycles. The number of benzene rings is 3. The molecule has 1 aliphatic rings. The van der Waals surface area contributed by atoms with Crippen LogP contribution in [0.3, 0.4) is 0 Å². The molecule has 1 amide bonds. The summed E-state index contributed by atoms with van der Waals surface area (Å²) in [5.41, 5.74) is 5.99. The summed E-state index contributed by atoms with van der Waals surface area (Å²) in [5.74, 6) is -0.0605. The third-order valence-electron chi connectivity index (χ3n) is 8.24. The quantitative estimate of drug-likeness (QED) is 0.222. The summed E-state index contributed by atoms with van der Waals surface area (Å²) in [4.78, 5) is 33.0. The molecule has 1 aliphatic heterocycles. The zero-order valence-corrected chi connectivity index (χ0v) is 24.6. The molecule has 0 radical (unpaired) electrons. The van der Waals surface area contributed by atoms with E-state index in [0.717, 1.165) is 46.2 Å². The highest BCUT2D eigenvalue weighted by Crippen LogP contribution is 2.29. The Hall–Kier alpha value is -4.82. The van der Waals surface area contributed by atoms with Crippen LogP contribution >= 0.6 is 0 Å². The first-order chi connectivity index (χ1) is 21.0. The average Bonchev–Trinajstić information content (AvgIpc) is 3.46. The summed E-state index contributed by atoms with van der Waals surface area (Å²) < 4.78 is 1.47. The summed E-state index contributed by atoms with van der Waals surface area (Å²) in [6.07, 6.45) is 5.14. The van der Waals surface area contributed by atoms with Gasteiger partial charge < -0.3 is 15.5 Å². The van der Waals surface area contributed by atoms with Gasteiger partial charge in [-0.2, -0.15) is 5.10 Å². The SMILES string of the molecule is CCn1nc(-c2cccc(-c3cccc(C(=O)NCC[C@@H]4CCCN4C)c3)c2)cc(Nc2cccc3ncccc23)c1=O. The molecule has 43 heavy (non-hydrogen) atoms. The number of hydrogen-bond donors (Lipinski definition) is 2. The van der Waals surface area contributed by atoms with E-state index in [2.05, 4.69) is 32.7 Å². The van der Waals surface area contributed by atoms with Gasteiger partial charge in [0.05, 0.1) is 11.2 Å². The second kappa shape index (κ2) is 12.6. The average molecular weight is 573 g/mol. The monoisotopic (exact) mass is 572 g/mol. The predicted molar refractivity (Wildman–Crippen MR) is 173 cm³/mol. The first kappa shape index (κ1) is 28.3. The number of nitrogens with one attached hydrogen (secondary N) is 2. The van der Waals surface area contributed by atoms with Gasteiger partial charge in [0.15, 0.2) is 0 Å². The maximum absolute atomic E-state index is 13.3. The number of anilines is 2. The molecule has 1 atom stereocenters. The van der Waals surface area contributed by atoms with Crippen LogP contribution in [-0.2, 0) is 6.54 Å². The number of nitrogens with zero attached hydrogens (tertiary/aromatic N) is 4. The van der Waals surface area contributed by atoms with E-state index in [1.807, 2.05) is 85.8 Å². The van der Waals surface area contributed by atoms with E-state index < -0.39 is 0 Å². The van der Waals surface area contributed by atoms with Crippen LogP contribution in [0.15, 0.2) is 95.9 Å². The van der Waals surface area contributed by atoms with Crippen molar-refractivity contribution in [1.29, 1.82) is 0 Å². The Morgan fingerprint density at radius 3 is 2.53 bits per heavy atom. The highest BCUT2D eigenvalue weighted by molar-refractivity contribution is 5.95. The first-order valence-electron chi connectivity index (χ1n) is 14.9. The largest absolute Gasteiger partial charge is 0.352 e. The van der Waals surface area contributed by atoms with Gasteiger partial charge in [0.1, 0.15) is 5.69 Å². The molecular formula is C35H36N6O2. The molecule has 0 saturated carbocycles. The zero-order valence-electron chi connectivity index (χ0n) is 24.6. The standard InChI is InChI=1S/C35H36N6O2/c1-3-41-35(43)33(38-31-16-6-15-30-29(31)14-7-18-36-30)23-32(39-41)26-11-4-9-24(21-26)25-10-5-12-27(22-25)34(42)37-19-17-28-13-8-20-40(28)2/h4-7,9-12,14-16,18,21-23,28,38H,3,8,13,17,19-20H2,1-2H3,(H,37,42)/t28-/m0/s1. The van der Waals surface area contributed by atoms with Crippen LogP contribution in [0.25, 0.3) is 33.3 Å². The van der Waals surface area contributed by atoms with Gasteiger partial charge in [-0.15, -0.1) is 0 Å². The van der Waals surface area contributed by atoms with E-state index in [1.54, 1.807) is 12.3 Å². The van der Waals surface area contributed by atoms with Crippen molar-refractivity contribution in [3.05, 3.63) is 107 Å². The van der Waals surface area contributed by atoms with Crippen molar-refractivity contribution in [1.82, 2.24) is 25.0 Å². The van der Waals surface area contributed by atoms with Gasteiger partial charge in [0.25, 0.3) is 11.5 Å². The number of hydrogen-bond acceptors (Lipinski definition) is 6. The van der Waals surface area contributed by atoms with E-state index in [1.165, 1.54) is 17.5 Å². The lowest BCUT2D eigenvalue weighted by molar-refractivity contribution is 0.0950. The molecular weight excluding hydrogens is 536 g/mol. The van der Waals surface area contributed by atoms with E-state index in [-0.39, 0.29) is 11.5 Å². The van der Waals surface area contributed by atoms with Crippen LogP contribution in [0.5, 0.6) is 0 Å². The number of rotatable bonds is 9. The van der Waals surface area contributed by atoms with Crippen molar-refractivity contribution in [3.63, 3.8) is 0 Å². The summed E-state index contributed by atoms with van der Waals surface area (Å²) in [5, 5.41) is 12.0. The maximum Gasteiger partial charge on any atom is 0.290 e. The Kier molecular flexibility index (Phi) is 8.29. The molecule has 1 fully saturated rings. The molecule has 6 rings (SSSR count). The van der Waals surface area contributed by atoms with Crippen molar-refractivity contribution >= 4 is 28.2 Å². The molecule has 3 heterocycles. The third-order valence-corrected chi connectivity index (χ3v) is 8.24. The number of pyridine rings is 1. The summed E-state index contributed by atoms with van der Waals surface area (Å²) in [6.45, 7) is 4.14. The van der Waals surface area contributed by atoms with Crippen LogP contribution in [0, 0.1) is 0 Å². The van der Waals surface area contributed by atoms with Crippen molar-refractivity contribution < 1.29 is 4.79 Å². The van der Waals surface area contributed by atoms with Gasteiger partial charge in [0, 0.05) is 47.5 Å². The Morgan fingerprint density at radius 1 is 0.930 bits per heavy atom. The lowest BCUT2D eigenvalue weighted by atomic mass is 9.99. The minimum atomic E-state index is -0.193. The fourth-order valence-electron chi connectivity index (χ4n) is 5.84. The van der Waals surface area contributed by atoms with E-state index in [4.69, 9.17) is 0 Å². The highest BCUT2D eigenvalue weighted by Gasteiger charge is 2.20. The summed E-state index contributed by atoms with van der Waals surface area (Å²) >= 11 is 0. The van der Waals surface area contributed by atoms with Crippen molar-refractivity contribution in [2.75, 3.05) is 25.5 Å². The Labute approximate surface area is 251 Å². The van der Waals surface area contributed by atoms with Crippen molar-refractivity contribution in [2.24, 2.45) is 0 Å². The molecule has 3 aromatic carbocycles. The normalized spacial score (nSPS) is 15.1. The fraction of sp³-hybridized carbons (Fsp3) is 0.257. The Bertz CT molecular complexity index is 1830. The van der Waals surface area contributed by atoms with Crippen LogP contribution in [0.1, 0.15) is 36.5 Å². The number of aromatic nitrogens is 3. The number of likely N-dealkylation sites (tertiary alicyclic amines) is 1. The topological polar surface area (TPSA) is 92.2 Å². The molecule has 0 unspecified atom stereocenters. The number of carbonyl (C=O) groups is 1. The summed E-state index contributed by atoms with van der Waals surface area (Å²) in [7, 11) is 2.16. The van der Waals surface area contributed by atoms with Gasteiger partial charge in [-0.05, 0) is 99.4 Å². The van der Waals surface area contributed by atoms with Crippen LogP contribution < -0.4 is 16.2 Å². The third kappa shape index (κ3) is 6.20. The Morgan fingerprint density at radius 2 is 1.72 bits per heavy atom. The second-order valence-corrected chi connectivity index (χ2v) is 11.0. The molecule has 0 bridgehead atoms. The number of fused-ring (bicyclic) bond motifs is 1. The fourth-order valence-corrected chi connectivity index (χ4v) is 5.84.